The van der Waals surface area contributed by atoms with Crippen LogP contribution in [0.15, 0.2) is 60.7 Å². The predicted octanol–water partition coefficient (Wildman–Crippen LogP) is 4.32. The number of aliphatic hydroxyl groups excluding tert-OH is 1. The highest BCUT2D eigenvalue weighted by Gasteiger charge is 2.73. The third-order valence-corrected chi connectivity index (χ3v) is 10.8. The van der Waals surface area contributed by atoms with Gasteiger partial charge < -0.3 is 24.6 Å². The van der Waals surface area contributed by atoms with E-state index in [0.29, 0.717) is 18.6 Å². The number of aryl methyl sites for hydroxylation is 1. The zero-order valence-corrected chi connectivity index (χ0v) is 21.8. The van der Waals surface area contributed by atoms with E-state index in [2.05, 4.69) is 51.9 Å². The van der Waals surface area contributed by atoms with E-state index >= 15 is 0 Å². The van der Waals surface area contributed by atoms with Crippen molar-refractivity contribution in [2.45, 2.75) is 67.9 Å². The third-order valence-electron chi connectivity index (χ3n) is 10.8. The zero-order valence-electron chi connectivity index (χ0n) is 21.8. The summed E-state index contributed by atoms with van der Waals surface area (Å²) < 4.78 is 9.18. The summed E-state index contributed by atoms with van der Waals surface area (Å²) in [4.78, 5) is 2.51. The molecule has 2 bridgehead atoms. The highest BCUT2D eigenvalue weighted by atomic mass is 16.5. The van der Waals surface area contributed by atoms with Gasteiger partial charge in [-0.25, -0.2) is 0 Å². The number of para-hydroxylation sites is 1. The number of aromatic hydroxyl groups is 1. The molecule has 6 heteroatoms. The number of phenols is 1. The number of likely N-dealkylation sites (tertiary alicyclic amines) is 1. The van der Waals surface area contributed by atoms with Crippen molar-refractivity contribution in [1.82, 2.24) is 9.47 Å². The Bertz CT molecular complexity index is 1680. The number of hydrogen-bond donors (Lipinski definition) is 3. The van der Waals surface area contributed by atoms with Crippen LogP contribution in [0, 0.1) is 0 Å². The van der Waals surface area contributed by atoms with E-state index in [4.69, 9.17) is 4.74 Å². The van der Waals surface area contributed by atoms with Gasteiger partial charge in [0.2, 0.25) is 0 Å². The van der Waals surface area contributed by atoms with Crippen LogP contribution in [0.5, 0.6) is 11.5 Å². The van der Waals surface area contributed by atoms with Crippen molar-refractivity contribution in [2.75, 3.05) is 13.1 Å². The molecule has 5 aliphatic rings. The normalized spacial score (nSPS) is 31.6. The minimum Gasteiger partial charge on any atom is -0.504 e. The third kappa shape index (κ3) is 2.59. The van der Waals surface area contributed by atoms with E-state index in [1.165, 1.54) is 11.1 Å². The van der Waals surface area contributed by atoms with Crippen molar-refractivity contribution in [3.8, 4) is 11.5 Å². The number of nitrogens with zero attached hydrogens (tertiary/aromatic N) is 2. The summed E-state index contributed by atoms with van der Waals surface area (Å²) in [7, 11) is 0. The fourth-order valence-electron chi connectivity index (χ4n) is 9.18. The first-order valence-corrected chi connectivity index (χ1v) is 14.4. The van der Waals surface area contributed by atoms with Crippen LogP contribution < -0.4 is 4.74 Å². The minimum absolute atomic E-state index is 0.0468. The Morgan fingerprint density at radius 3 is 2.74 bits per heavy atom. The molecule has 1 saturated heterocycles. The van der Waals surface area contributed by atoms with E-state index < -0.39 is 17.1 Å². The second-order valence-electron chi connectivity index (χ2n) is 12.3. The van der Waals surface area contributed by atoms with Crippen LogP contribution in [0.25, 0.3) is 10.9 Å². The van der Waals surface area contributed by atoms with E-state index in [-0.39, 0.29) is 17.9 Å². The number of hydrogen-bond acceptors (Lipinski definition) is 5. The molecule has 1 aromatic heterocycles. The van der Waals surface area contributed by atoms with Crippen LogP contribution in [0.4, 0.5) is 0 Å². The summed E-state index contributed by atoms with van der Waals surface area (Å²) in [6.45, 7) is 2.50. The Labute approximate surface area is 227 Å². The average Bonchev–Trinajstić information content (AvgIpc) is 3.45. The van der Waals surface area contributed by atoms with Gasteiger partial charge in [-0.1, -0.05) is 54.6 Å². The molecule has 3 N–H and O–H groups in total. The molecule has 0 unspecified atom stereocenters. The number of aliphatic hydroxyl groups is 2. The maximum absolute atomic E-state index is 13.1. The fraction of sp³-hybridized carbons (Fsp3) is 0.394. The van der Waals surface area contributed by atoms with Gasteiger partial charge in [0.25, 0.3) is 0 Å². The van der Waals surface area contributed by atoms with Gasteiger partial charge in [-0.3, -0.25) is 4.90 Å². The van der Waals surface area contributed by atoms with Crippen molar-refractivity contribution in [1.29, 1.82) is 0 Å². The molecule has 4 aromatic rings. The van der Waals surface area contributed by atoms with Gasteiger partial charge in [0, 0.05) is 42.1 Å². The lowest BCUT2D eigenvalue weighted by Crippen LogP contribution is -2.74. The summed E-state index contributed by atoms with van der Waals surface area (Å²) in [5.41, 5.74) is 6.23. The van der Waals surface area contributed by atoms with Crippen LogP contribution in [-0.2, 0) is 31.2 Å². The molecule has 0 saturated carbocycles. The van der Waals surface area contributed by atoms with E-state index in [9.17, 15) is 15.3 Å². The Hall–Kier alpha value is -3.32. The smallest absolute Gasteiger partial charge is 0.166 e. The molecular weight excluding hydrogens is 488 g/mol. The van der Waals surface area contributed by atoms with Crippen molar-refractivity contribution in [3.63, 3.8) is 0 Å². The monoisotopic (exact) mass is 520 g/mol. The highest BCUT2D eigenvalue weighted by molar-refractivity contribution is 5.90. The van der Waals surface area contributed by atoms with Crippen molar-refractivity contribution >= 4 is 10.9 Å². The summed E-state index contributed by atoms with van der Waals surface area (Å²) in [6, 6.07) is 20.6. The van der Waals surface area contributed by atoms with Gasteiger partial charge >= 0.3 is 0 Å². The van der Waals surface area contributed by atoms with Crippen molar-refractivity contribution < 1.29 is 20.1 Å². The molecule has 4 heterocycles. The van der Waals surface area contributed by atoms with Crippen LogP contribution in [0.1, 0.15) is 58.6 Å². The van der Waals surface area contributed by atoms with E-state index in [1.54, 1.807) is 6.07 Å². The second-order valence-corrected chi connectivity index (χ2v) is 12.3. The molecule has 0 radical (unpaired) electrons. The zero-order chi connectivity index (χ0) is 26.1. The van der Waals surface area contributed by atoms with Gasteiger partial charge in [-0.15, -0.1) is 0 Å². The lowest BCUT2D eigenvalue weighted by molar-refractivity contribution is -0.172. The molecule has 39 heavy (non-hydrogen) atoms. The van der Waals surface area contributed by atoms with Crippen LogP contribution in [0.3, 0.4) is 0 Å². The lowest BCUT2D eigenvalue weighted by Gasteiger charge is -2.63. The highest BCUT2D eigenvalue weighted by Crippen LogP contribution is 2.69. The first kappa shape index (κ1) is 22.5. The molecule has 0 amide bonds. The molecule has 198 valence electrons. The number of phenolic OH excluding ortho intramolecular Hbond substituents is 1. The predicted molar refractivity (Wildman–Crippen MR) is 147 cm³/mol. The maximum Gasteiger partial charge on any atom is 0.166 e. The van der Waals surface area contributed by atoms with Crippen LogP contribution >= 0.6 is 0 Å². The Balaban J connectivity index is 1.26. The molecule has 1 spiro atoms. The van der Waals surface area contributed by atoms with Crippen LogP contribution in [0.2, 0.25) is 0 Å². The molecule has 3 aliphatic heterocycles. The standard InChI is InChI=1S/C33H32N2O4/c36-24-12-15-35-28-21(7-4-8-22(24)28)23-18-33(38)26-17-20-9-10-25(37)30-27(20)32(33,31(39-30)29(23)35)13-16-34(26)14-11-19-5-2-1-3-6-19/h1-10,24,26,31,36-38H,11-18H2/t24-,26+,31+,32+,33-/m1/s1. The number of benzene rings is 3. The average molecular weight is 521 g/mol. The number of ether oxygens (including phenoxy) is 1. The summed E-state index contributed by atoms with van der Waals surface area (Å²) >= 11 is 0. The molecule has 2 aliphatic carbocycles. The first-order chi connectivity index (χ1) is 19.0. The minimum atomic E-state index is -1.03. The van der Waals surface area contributed by atoms with Crippen LogP contribution in [-0.4, -0.2) is 49.5 Å². The first-order valence-electron chi connectivity index (χ1n) is 14.4. The van der Waals surface area contributed by atoms with Gasteiger partial charge in [-0.2, -0.15) is 0 Å². The number of fused-ring (bicyclic) bond motifs is 4. The molecule has 5 atom stereocenters. The number of rotatable bonds is 3. The van der Waals surface area contributed by atoms with Crippen molar-refractivity contribution in [2.24, 2.45) is 0 Å². The maximum atomic E-state index is 13.1. The molecule has 6 nitrogen and oxygen atoms in total. The Morgan fingerprint density at radius 1 is 1.00 bits per heavy atom. The van der Waals surface area contributed by atoms with Gasteiger partial charge in [0.15, 0.2) is 17.6 Å². The van der Waals surface area contributed by atoms with Gasteiger partial charge in [0.05, 0.1) is 28.3 Å². The SMILES string of the molecule is Oc1ccc2c3c1O[C@H]1c4c(c5cccc6c5n4CC[C@H]6O)C[C@@]4(O)[C@H](C2)N(CCc2ccccc2)CC[C@]314. The van der Waals surface area contributed by atoms with Gasteiger partial charge in [0.1, 0.15) is 0 Å². The van der Waals surface area contributed by atoms with Gasteiger partial charge in [-0.05, 0) is 55.0 Å². The second kappa shape index (κ2) is 7.45. The molecule has 1 fully saturated rings. The fourth-order valence-corrected chi connectivity index (χ4v) is 9.18. The Morgan fingerprint density at radius 2 is 1.87 bits per heavy atom. The molecule has 3 aromatic carbocycles. The summed E-state index contributed by atoms with van der Waals surface area (Å²) in [5.74, 6) is 0.728. The summed E-state index contributed by atoms with van der Waals surface area (Å²) in [5, 5.41) is 36.1. The number of piperidine rings is 1. The van der Waals surface area contributed by atoms with Crippen molar-refractivity contribution in [3.05, 3.63) is 94.2 Å². The lowest BCUT2D eigenvalue weighted by atomic mass is 9.49. The quantitative estimate of drug-likeness (QED) is 0.375. The Kier molecular flexibility index (Phi) is 4.29. The molecular formula is C33H32N2O4. The summed E-state index contributed by atoms with van der Waals surface area (Å²) in [6.07, 6.45) is 2.82. The topological polar surface area (TPSA) is 78.1 Å². The largest absolute Gasteiger partial charge is 0.504 e. The molecule has 9 rings (SSSR count). The number of aromatic nitrogens is 1. The van der Waals surface area contributed by atoms with E-state index in [1.807, 2.05) is 12.1 Å². The van der Waals surface area contributed by atoms with E-state index in [0.717, 1.165) is 72.2 Å².